The van der Waals surface area contributed by atoms with E-state index in [1.54, 1.807) is 57.0 Å². The summed E-state index contributed by atoms with van der Waals surface area (Å²) in [7, 11) is 2.52. The third-order valence-electron chi connectivity index (χ3n) is 23.3. The monoisotopic (exact) mass is 1980 g/mol. The quantitative estimate of drug-likeness (QED) is 0.0208. The summed E-state index contributed by atoms with van der Waals surface area (Å²) in [4.78, 5) is 156. The normalized spacial score (nSPS) is 20.3. The number of rotatable bonds is 22. The molecule has 0 unspecified atom stereocenters. The summed E-state index contributed by atoms with van der Waals surface area (Å²) in [6, 6.07) is 18.1. The molecule has 18 rings (SSSR count). The predicted octanol–water partition coefficient (Wildman–Crippen LogP) is 12.3. The zero-order valence-electron chi connectivity index (χ0n) is 70.2. The maximum absolute atomic E-state index is 14.9. The highest BCUT2D eigenvalue weighted by Crippen LogP contribution is 2.43. The molecule has 0 radical (unpaired) electrons. The lowest BCUT2D eigenvalue weighted by Crippen LogP contribution is -2.53. The summed E-state index contributed by atoms with van der Waals surface area (Å²) < 4.78 is 102. The smallest absolute Gasteiger partial charge is 0.338 e. The fourth-order valence-corrected chi connectivity index (χ4v) is 20.0. The molecule has 12 heterocycles. The van der Waals surface area contributed by atoms with E-state index in [1.807, 2.05) is 5.38 Å². The van der Waals surface area contributed by atoms with Crippen molar-refractivity contribution in [3.63, 3.8) is 0 Å². The molecule has 33 nitrogen and oxygen atoms in total. The van der Waals surface area contributed by atoms with Crippen LogP contribution in [-0.2, 0) is 28.6 Å². The number of amides is 6. The minimum atomic E-state index is -1.39. The molecule has 9 aliphatic rings. The van der Waals surface area contributed by atoms with E-state index in [0.717, 1.165) is 36.4 Å². The SMILES string of the molecule is CCOC(=O)C1=C(CN2CCN3C(=O)N(c4ccc(C(=O)O)cc4F)C[C@@H]3C2)NC(c2nccs2)=N[C@H]1c1ccc(F)cc1Br.COC(=O)C1=C(CN2CCN3C(=O)N(c4ccc(C(=O)O)c(F)c4)C[C@@H]3C2)NC(c2nccs2)=N[C@H]1c1ccc(F)cc1Cl.COC(=O)C1=C(CN2CCN3C(=O)N(c4ccc(C(=O)O)cc4F)C[C@@H]3C2)NC(c2nccs2)=N[C@H]1c1ccc(F)cc1Cl. The van der Waals surface area contributed by atoms with Crippen molar-refractivity contribution >= 4 is 162 Å². The summed E-state index contributed by atoms with van der Waals surface area (Å²) >= 11 is 20.4. The van der Waals surface area contributed by atoms with Crippen molar-refractivity contribution in [1.29, 1.82) is 0 Å². The molecule has 690 valence electrons. The second-order valence-electron chi connectivity index (χ2n) is 31.2. The topological polar surface area (TPSA) is 383 Å². The average Bonchev–Trinajstić information content (AvgIpc) is 1.49. The Morgan fingerprint density at radius 1 is 0.451 bits per heavy atom. The number of hydrogen-bond acceptors (Lipinski definition) is 27. The molecule has 45 heteroatoms. The molecule has 3 aromatic heterocycles. The van der Waals surface area contributed by atoms with E-state index in [2.05, 4.69) is 61.5 Å². The number of benzene rings is 6. The number of carboxylic acid groups (broad SMARTS) is 3. The number of hydrogen-bond donors (Lipinski definition) is 6. The molecule has 0 spiro atoms. The summed E-state index contributed by atoms with van der Waals surface area (Å²) in [6.07, 6.45) is 4.91. The van der Waals surface area contributed by atoms with E-state index in [-0.39, 0.29) is 137 Å². The molecular formula is C88H77BrCl2F6N18O15S3. The number of nitrogens with zero attached hydrogens (tertiary/aromatic N) is 15. The van der Waals surface area contributed by atoms with Gasteiger partial charge in [0.15, 0.2) is 32.5 Å². The molecule has 0 bridgehead atoms. The van der Waals surface area contributed by atoms with Crippen LogP contribution in [0.15, 0.2) is 197 Å². The van der Waals surface area contributed by atoms with Crippen LogP contribution < -0.4 is 30.7 Å². The number of urea groups is 3. The van der Waals surface area contributed by atoms with Gasteiger partial charge in [-0.3, -0.25) is 44.4 Å². The maximum Gasteiger partial charge on any atom is 0.338 e. The molecule has 0 aliphatic carbocycles. The Kier molecular flexibility index (Phi) is 27.9. The standard InChI is InChI=1S/C30H27BrF2N6O5S.2C29H25ClF2N6O5S/c1-2-44-29(42)24-22(35-26(27-34-7-10-45-27)36-25(24)19-5-4-17(32)12-20(19)31)15-37-8-9-38-18(13-37)14-39(30(38)43)23-6-3-16(28(40)41)11-21(23)33;1-43-28(41)23-21(34-25(26-33-6-9-44-26)35-24(23)18-4-3-16(31)11-19(18)30)14-36-7-8-37-17(12-36)13-38(29(37)42)22-5-2-15(27(39)40)10-20(22)32;1-43-28(41)23-22(34-25(26-33-6-9-44-26)35-24(23)18-4-2-15(31)10-20(18)30)14-36-7-8-37-17(12-36)13-38(29(37)42)16-3-5-19(27(39)40)21(32)11-16/h3-7,10-12,18,25H,2,8-9,13-15H2,1H3,(H,35,36)(H,40,41);2*2-6,9-11,17,24H,7-8,12-14H2,1H3,(H,34,35)(H,39,40)/t18-,25-;2*17-,24-/m000/s1. The van der Waals surface area contributed by atoms with E-state index in [9.17, 15) is 74.6 Å². The number of carbonyl (C=O) groups excluding carboxylic acids is 6. The number of esters is 3. The van der Waals surface area contributed by atoms with Crippen LogP contribution in [0.4, 0.5) is 57.8 Å². The fraction of sp³-hybridized carbons (Fsp3) is 0.284. The van der Waals surface area contributed by atoms with Crippen molar-refractivity contribution in [1.82, 2.24) is 60.3 Å². The number of methoxy groups -OCH3 is 2. The molecule has 0 saturated carbocycles. The highest BCUT2D eigenvalue weighted by molar-refractivity contribution is 9.10. The highest BCUT2D eigenvalue weighted by Gasteiger charge is 2.48. The fourth-order valence-electron chi connectivity index (χ4n) is 17.1. The molecule has 6 N–H and O–H groups in total. The van der Waals surface area contributed by atoms with Crippen LogP contribution in [0.5, 0.6) is 0 Å². The van der Waals surface area contributed by atoms with E-state index < -0.39 is 94.4 Å². The first-order chi connectivity index (χ1) is 63.9. The first-order valence-corrected chi connectivity index (χ1v) is 45.2. The van der Waals surface area contributed by atoms with Gasteiger partial charge in [-0.15, -0.1) is 34.0 Å². The van der Waals surface area contributed by atoms with Crippen molar-refractivity contribution in [2.24, 2.45) is 15.0 Å². The second-order valence-corrected chi connectivity index (χ2v) is 35.6. The number of aromatic carboxylic acids is 3. The molecule has 6 saturated heterocycles. The number of piperazine rings is 3. The number of thiazole rings is 3. The van der Waals surface area contributed by atoms with Crippen molar-refractivity contribution in [3.05, 3.63) is 276 Å². The Balaban J connectivity index is 0.000000145. The number of anilines is 3. The van der Waals surface area contributed by atoms with Crippen LogP contribution >= 0.6 is 73.1 Å². The molecule has 6 amide bonds. The lowest BCUT2D eigenvalue weighted by molar-refractivity contribution is -0.139. The molecular weight excluding hydrogens is 1910 g/mol. The van der Waals surface area contributed by atoms with Gasteiger partial charge in [-0.2, -0.15) is 0 Å². The molecule has 6 fully saturated rings. The lowest BCUT2D eigenvalue weighted by atomic mass is 9.95. The van der Waals surface area contributed by atoms with Crippen LogP contribution in [0, 0.1) is 34.9 Å². The van der Waals surface area contributed by atoms with E-state index in [1.165, 1.54) is 130 Å². The van der Waals surface area contributed by atoms with Crippen LogP contribution in [0.2, 0.25) is 10.0 Å². The van der Waals surface area contributed by atoms with Gasteiger partial charge in [0.1, 0.15) is 53.0 Å². The average molecular weight is 1990 g/mol. The van der Waals surface area contributed by atoms with E-state index >= 15 is 0 Å². The number of carboxylic acids is 3. The number of aliphatic imine (C=N–C) groups is 3. The predicted molar refractivity (Wildman–Crippen MR) is 481 cm³/mol. The minimum absolute atomic E-state index is 0.00824. The van der Waals surface area contributed by atoms with Gasteiger partial charge in [-0.25, -0.2) is 84.4 Å². The highest BCUT2D eigenvalue weighted by atomic mass is 79.9. The third kappa shape index (κ3) is 19.6. The van der Waals surface area contributed by atoms with Gasteiger partial charge in [-0.05, 0) is 103 Å². The first-order valence-electron chi connectivity index (χ1n) is 41.0. The maximum atomic E-state index is 14.9. The van der Waals surface area contributed by atoms with Crippen LogP contribution in [0.3, 0.4) is 0 Å². The molecule has 9 aliphatic heterocycles. The second kappa shape index (κ2) is 39.8. The molecule has 6 aromatic carbocycles. The summed E-state index contributed by atoms with van der Waals surface area (Å²) in [5.74, 6) is -8.48. The van der Waals surface area contributed by atoms with Gasteiger partial charge in [0.25, 0.3) is 0 Å². The van der Waals surface area contributed by atoms with Gasteiger partial charge in [0.05, 0.1) is 83.7 Å². The number of carbonyl (C=O) groups is 9. The summed E-state index contributed by atoms with van der Waals surface area (Å²) in [5.41, 5.74) is 3.04. The Bertz CT molecular complexity index is 6360. The van der Waals surface area contributed by atoms with Gasteiger partial charge in [0, 0.05) is 181 Å². The zero-order valence-corrected chi connectivity index (χ0v) is 75.8. The largest absolute Gasteiger partial charge is 0.478 e. The van der Waals surface area contributed by atoms with Crippen LogP contribution in [0.1, 0.15) is 87.8 Å². The van der Waals surface area contributed by atoms with Gasteiger partial charge >= 0.3 is 53.9 Å². The van der Waals surface area contributed by atoms with Crippen molar-refractivity contribution < 1.29 is 99.0 Å². The Morgan fingerprint density at radius 2 is 0.827 bits per heavy atom. The lowest BCUT2D eigenvalue weighted by Gasteiger charge is -2.38. The van der Waals surface area contributed by atoms with Crippen molar-refractivity contribution in [3.8, 4) is 0 Å². The van der Waals surface area contributed by atoms with Crippen LogP contribution in [0.25, 0.3) is 0 Å². The Morgan fingerprint density at radius 3 is 1.17 bits per heavy atom. The van der Waals surface area contributed by atoms with Crippen molar-refractivity contribution in [2.75, 3.05) is 134 Å². The number of fused-ring (bicyclic) bond motifs is 3. The number of nitrogens with one attached hydrogen (secondary N) is 3. The van der Waals surface area contributed by atoms with E-state index in [4.69, 9.17) is 62.6 Å². The number of halogens is 9. The Labute approximate surface area is 783 Å². The van der Waals surface area contributed by atoms with Gasteiger partial charge < -0.3 is 60.2 Å². The van der Waals surface area contributed by atoms with E-state index in [0.29, 0.717) is 130 Å². The van der Waals surface area contributed by atoms with Gasteiger partial charge in [0.2, 0.25) is 0 Å². The minimum Gasteiger partial charge on any atom is -0.478 e. The zero-order chi connectivity index (χ0) is 94.1. The Hall–Kier alpha value is -13.0. The van der Waals surface area contributed by atoms with Crippen LogP contribution in [-0.4, -0.2) is 268 Å². The summed E-state index contributed by atoms with van der Waals surface area (Å²) in [6.45, 7) is 6.98. The van der Waals surface area contributed by atoms with Gasteiger partial charge in [-0.1, -0.05) is 57.3 Å². The number of ether oxygens (including phenoxy) is 3. The molecule has 9 aromatic rings. The summed E-state index contributed by atoms with van der Waals surface area (Å²) in [5, 5.41) is 44.7. The molecule has 133 heavy (non-hydrogen) atoms. The first kappa shape index (κ1) is 93.2. The number of aromatic nitrogens is 3. The molecule has 6 atom stereocenters. The number of amidine groups is 3. The van der Waals surface area contributed by atoms with Crippen molar-refractivity contribution in [2.45, 2.75) is 43.2 Å². The third-order valence-corrected chi connectivity index (χ3v) is 27.0.